The lowest BCUT2D eigenvalue weighted by molar-refractivity contribution is 0.668. The van der Waals surface area contributed by atoms with E-state index in [-0.39, 0.29) is 0 Å². The maximum Gasteiger partial charge on any atom is 0.136 e. The van der Waals surface area contributed by atoms with Crippen LogP contribution in [-0.2, 0) is 0 Å². The molecule has 0 aliphatic heterocycles. The predicted molar refractivity (Wildman–Crippen MR) is 229 cm³/mol. The molecule has 0 unspecified atom stereocenters. The highest BCUT2D eigenvalue weighted by Gasteiger charge is 2.17. The Morgan fingerprint density at radius 3 is 1.47 bits per heavy atom. The molecule has 0 N–H and O–H groups in total. The summed E-state index contributed by atoms with van der Waals surface area (Å²) in [6.07, 6.45) is 0. The Morgan fingerprint density at radius 2 is 0.745 bits per heavy atom. The van der Waals surface area contributed by atoms with Crippen molar-refractivity contribution in [3.63, 3.8) is 0 Å². The van der Waals surface area contributed by atoms with Gasteiger partial charge in [0.05, 0.1) is 0 Å². The fourth-order valence-corrected chi connectivity index (χ4v) is 8.06. The number of benzene rings is 9. The van der Waals surface area contributed by atoms with E-state index < -0.39 is 0 Å². The zero-order valence-corrected chi connectivity index (χ0v) is 29.8. The molecule has 9 aromatic carbocycles. The molecule has 3 nitrogen and oxygen atoms in total. The average molecular weight is 704 g/mol. The van der Waals surface area contributed by atoms with E-state index in [2.05, 4.69) is 181 Å². The predicted octanol–water partition coefficient (Wildman–Crippen LogP) is 15.1. The average Bonchev–Trinajstić information content (AvgIpc) is 3.82. The Labute approximate surface area is 317 Å². The summed E-state index contributed by atoms with van der Waals surface area (Å²) in [5.74, 6) is 0. The van der Waals surface area contributed by atoms with Gasteiger partial charge >= 0.3 is 0 Å². The first kappa shape index (κ1) is 31.2. The summed E-state index contributed by atoms with van der Waals surface area (Å²) >= 11 is 0. The summed E-state index contributed by atoms with van der Waals surface area (Å²) in [7, 11) is 0. The standard InChI is InChI=1S/C52H33NO2/c1-2-9-37-31-40(17-16-34(37)8-1)39-11-7-10-38(30-39)35-18-23-42(24-19-35)53(44-27-29-51-48(33-44)46-13-4-6-15-50(46)54-51)43-25-20-36(21-26-43)41-22-28-47-45-12-3-5-14-49(45)55-52(47)32-41/h1-33H. The molecular weight excluding hydrogens is 671 g/mol. The lowest BCUT2D eigenvalue weighted by Gasteiger charge is -2.26. The third kappa shape index (κ3) is 5.45. The van der Waals surface area contributed by atoms with Crippen molar-refractivity contribution in [3.8, 4) is 33.4 Å². The van der Waals surface area contributed by atoms with Crippen LogP contribution in [0.2, 0.25) is 0 Å². The summed E-state index contributed by atoms with van der Waals surface area (Å²) in [6.45, 7) is 0. The quantitative estimate of drug-likeness (QED) is 0.173. The Balaban J connectivity index is 0.974. The smallest absolute Gasteiger partial charge is 0.136 e. The fraction of sp³-hybridized carbons (Fsp3) is 0. The van der Waals surface area contributed by atoms with Crippen molar-refractivity contribution in [2.24, 2.45) is 0 Å². The van der Waals surface area contributed by atoms with Crippen LogP contribution in [0.5, 0.6) is 0 Å². The lowest BCUT2D eigenvalue weighted by atomic mass is 9.97. The van der Waals surface area contributed by atoms with Crippen molar-refractivity contribution in [2.45, 2.75) is 0 Å². The molecule has 0 saturated carbocycles. The van der Waals surface area contributed by atoms with Gasteiger partial charge in [0.25, 0.3) is 0 Å². The molecule has 0 atom stereocenters. The molecule has 0 spiro atoms. The number of rotatable bonds is 6. The van der Waals surface area contributed by atoms with Gasteiger partial charge in [0, 0.05) is 38.6 Å². The number of hydrogen-bond donors (Lipinski definition) is 0. The molecule has 0 radical (unpaired) electrons. The first-order chi connectivity index (χ1) is 27.2. The van der Waals surface area contributed by atoms with E-state index in [0.717, 1.165) is 72.1 Å². The molecule has 0 saturated heterocycles. The molecule has 3 heteroatoms. The Kier molecular flexibility index (Phi) is 7.17. The number of anilines is 3. The molecule has 0 amide bonds. The van der Waals surface area contributed by atoms with E-state index in [0.29, 0.717) is 0 Å². The molecule has 11 aromatic rings. The van der Waals surface area contributed by atoms with Gasteiger partial charge in [0.15, 0.2) is 0 Å². The first-order valence-corrected chi connectivity index (χ1v) is 18.6. The van der Waals surface area contributed by atoms with E-state index >= 15 is 0 Å². The molecule has 2 heterocycles. The van der Waals surface area contributed by atoms with Crippen molar-refractivity contribution in [3.05, 3.63) is 200 Å². The van der Waals surface area contributed by atoms with Crippen LogP contribution in [0.25, 0.3) is 88.0 Å². The Hall–Kier alpha value is -7.36. The highest BCUT2D eigenvalue weighted by atomic mass is 16.3. The van der Waals surface area contributed by atoms with Crippen molar-refractivity contribution >= 4 is 71.7 Å². The molecule has 0 aliphatic carbocycles. The second kappa shape index (κ2) is 12.6. The van der Waals surface area contributed by atoms with Crippen LogP contribution in [0.3, 0.4) is 0 Å². The number of para-hydroxylation sites is 2. The largest absolute Gasteiger partial charge is 0.456 e. The van der Waals surface area contributed by atoms with Gasteiger partial charge in [0.2, 0.25) is 0 Å². The van der Waals surface area contributed by atoms with Gasteiger partial charge in [-0.3, -0.25) is 0 Å². The highest BCUT2D eigenvalue weighted by molar-refractivity contribution is 6.07. The molecule has 0 aliphatic rings. The second-order valence-electron chi connectivity index (χ2n) is 14.2. The van der Waals surface area contributed by atoms with Crippen LogP contribution in [0.15, 0.2) is 209 Å². The normalized spacial score (nSPS) is 11.6. The zero-order chi connectivity index (χ0) is 36.3. The van der Waals surface area contributed by atoms with Crippen LogP contribution >= 0.6 is 0 Å². The van der Waals surface area contributed by atoms with E-state index in [1.54, 1.807) is 0 Å². The molecule has 0 bridgehead atoms. The minimum absolute atomic E-state index is 0.878. The first-order valence-electron chi connectivity index (χ1n) is 18.6. The molecule has 55 heavy (non-hydrogen) atoms. The zero-order valence-electron chi connectivity index (χ0n) is 29.8. The molecule has 11 rings (SSSR count). The van der Waals surface area contributed by atoms with Gasteiger partial charge in [-0.15, -0.1) is 0 Å². The van der Waals surface area contributed by atoms with Gasteiger partial charge in [0.1, 0.15) is 22.3 Å². The van der Waals surface area contributed by atoms with Gasteiger partial charge in [-0.05, 0) is 123 Å². The van der Waals surface area contributed by atoms with Crippen LogP contribution in [-0.4, -0.2) is 0 Å². The van der Waals surface area contributed by atoms with Crippen LogP contribution in [0, 0.1) is 0 Å². The number of fused-ring (bicyclic) bond motifs is 7. The van der Waals surface area contributed by atoms with Crippen molar-refractivity contribution < 1.29 is 8.83 Å². The van der Waals surface area contributed by atoms with E-state index in [9.17, 15) is 0 Å². The van der Waals surface area contributed by atoms with Crippen LogP contribution in [0.1, 0.15) is 0 Å². The third-order valence-corrected chi connectivity index (χ3v) is 10.9. The summed E-state index contributed by atoms with van der Waals surface area (Å²) in [5.41, 5.74) is 13.8. The van der Waals surface area contributed by atoms with Crippen molar-refractivity contribution in [2.75, 3.05) is 4.90 Å². The molecule has 258 valence electrons. The third-order valence-electron chi connectivity index (χ3n) is 10.9. The SMILES string of the molecule is c1cc(-c2ccc(N(c3ccc(-c4ccc5c(c4)oc4ccccc45)cc3)c3ccc4oc5ccccc5c4c3)cc2)cc(-c2ccc3ccccc3c2)c1. The van der Waals surface area contributed by atoms with Crippen molar-refractivity contribution in [1.29, 1.82) is 0 Å². The number of nitrogens with zero attached hydrogens (tertiary/aromatic N) is 1. The van der Waals surface area contributed by atoms with E-state index in [1.807, 2.05) is 24.3 Å². The summed E-state index contributed by atoms with van der Waals surface area (Å²) < 4.78 is 12.4. The molecule has 0 fully saturated rings. The maximum absolute atomic E-state index is 6.22. The highest BCUT2D eigenvalue weighted by Crippen LogP contribution is 2.41. The number of hydrogen-bond acceptors (Lipinski definition) is 3. The lowest BCUT2D eigenvalue weighted by Crippen LogP contribution is -2.09. The van der Waals surface area contributed by atoms with Gasteiger partial charge in [-0.1, -0.05) is 121 Å². The number of furan rings is 2. The monoisotopic (exact) mass is 703 g/mol. The minimum Gasteiger partial charge on any atom is -0.456 e. The fourth-order valence-electron chi connectivity index (χ4n) is 8.06. The summed E-state index contributed by atoms with van der Waals surface area (Å²) in [4.78, 5) is 2.32. The second-order valence-corrected chi connectivity index (χ2v) is 14.2. The maximum atomic E-state index is 6.22. The van der Waals surface area contributed by atoms with Gasteiger partial charge in [-0.2, -0.15) is 0 Å². The van der Waals surface area contributed by atoms with Gasteiger partial charge < -0.3 is 13.7 Å². The van der Waals surface area contributed by atoms with E-state index in [4.69, 9.17) is 8.83 Å². The molecule has 2 aromatic heterocycles. The van der Waals surface area contributed by atoms with Gasteiger partial charge in [-0.25, -0.2) is 0 Å². The Morgan fingerprint density at radius 1 is 0.255 bits per heavy atom. The Bertz CT molecular complexity index is 3200. The summed E-state index contributed by atoms with van der Waals surface area (Å²) in [5, 5.41) is 6.97. The van der Waals surface area contributed by atoms with Crippen molar-refractivity contribution in [1.82, 2.24) is 0 Å². The van der Waals surface area contributed by atoms with Crippen LogP contribution < -0.4 is 4.90 Å². The van der Waals surface area contributed by atoms with Crippen LogP contribution in [0.4, 0.5) is 17.1 Å². The van der Waals surface area contributed by atoms with E-state index in [1.165, 1.54) is 33.0 Å². The molecular formula is C52H33NO2. The topological polar surface area (TPSA) is 29.5 Å². The minimum atomic E-state index is 0.878. The summed E-state index contributed by atoms with van der Waals surface area (Å²) in [6, 6.07) is 71.2.